The van der Waals surface area contributed by atoms with Crippen molar-refractivity contribution in [2.24, 2.45) is 11.8 Å². The number of unbranched alkanes of at least 4 members (excludes halogenated alkanes) is 47. The van der Waals surface area contributed by atoms with Gasteiger partial charge in [0.1, 0.15) is 19.3 Å². The van der Waals surface area contributed by atoms with Gasteiger partial charge in [-0.2, -0.15) is 0 Å². The van der Waals surface area contributed by atoms with E-state index in [1.165, 1.54) is 218 Å². The van der Waals surface area contributed by atoms with Crippen LogP contribution in [0.2, 0.25) is 0 Å². The molecule has 97 heavy (non-hydrogen) atoms. The Balaban J connectivity index is 5.18. The van der Waals surface area contributed by atoms with E-state index in [1.807, 2.05) is 0 Å². The van der Waals surface area contributed by atoms with Crippen molar-refractivity contribution in [2.75, 3.05) is 39.6 Å². The molecule has 0 rings (SSSR count). The Hall–Kier alpha value is -1.94. The van der Waals surface area contributed by atoms with Crippen molar-refractivity contribution in [3.05, 3.63) is 0 Å². The van der Waals surface area contributed by atoms with Crippen LogP contribution < -0.4 is 0 Å². The molecule has 5 atom stereocenters. The van der Waals surface area contributed by atoms with Gasteiger partial charge in [0.2, 0.25) is 0 Å². The molecule has 0 saturated heterocycles. The molecular weight excluding hydrogens is 1270 g/mol. The van der Waals surface area contributed by atoms with Crippen LogP contribution in [0.4, 0.5) is 0 Å². The first-order valence-electron chi connectivity index (χ1n) is 40.5. The van der Waals surface area contributed by atoms with Crippen LogP contribution in [0, 0.1) is 11.8 Å². The molecule has 2 unspecified atom stereocenters. The summed E-state index contributed by atoms with van der Waals surface area (Å²) in [5, 5.41) is 10.6. The van der Waals surface area contributed by atoms with Crippen LogP contribution in [-0.2, 0) is 65.4 Å². The van der Waals surface area contributed by atoms with Crippen molar-refractivity contribution in [1.82, 2.24) is 0 Å². The van der Waals surface area contributed by atoms with Crippen molar-refractivity contribution in [2.45, 2.75) is 426 Å². The van der Waals surface area contributed by atoms with E-state index in [0.717, 1.165) is 102 Å². The van der Waals surface area contributed by atoms with Crippen molar-refractivity contribution in [3.8, 4) is 0 Å². The molecule has 3 N–H and O–H groups in total. The summed E-state index contributed by atoms with van der Waals surface area (Å²) in [7, 11) is -9.91. The zero-order chi connectivity index (χ0) is 71.4. The van der Waals surface area contributed by atoms with E-state index < -0.39 is 97.5 Å². The molecule has 0 aliphatic heterocycles. The normalized spacial score (nSPS) is 14.0. The highest BCUT2D eigenvalue weighted by molar-refractivity contribution is 7.47. The van der Waals surface area contributed by atoms with Gasteiger partial charge in [0.25, 0.3) is 0 Å². The lowest BCUT2D eigenvalue weighted by Crippen LogP contribution is -2.30. The van der Waals surface area contributed by atoms with E-state index in [-0.39, 0.29) is 25.7 Å². The largest absolute Gasteiger partial charge is 0.472 e. The fourth-order valence-electron chi connectivity index (χ4n) is 12.0. The quantitative estimate of drug-likeness (QED) is 0.0222. The Morgan fingerprint density at radius 3 is 0.701 bits per heavy atom. The van der Waals surface area contributed by atoms with E-state index in [2.05, 4.69) is 41.5 Å². The number of aliphatic hydroxyl groups is 1. The second-order valence-electron chi connectivity index (χ2n) is 29.1. The standard InChI is InChI=1S/C78H152O17P2/c1-7-9-11-13-15-17-19-21-22-23-24-25-26-27-28-29-30-34-39-43-51-57-63-78(83)94-73(66-88-75(80)60-54-48-41-37-35-31-32-36-40-46-52-58-70(3)4)68-92-96(84,85)90-64-72(79)65-91-97(86,87)93-69-74(67-89-76(81)61-55-49-45-44-47-53-59-71(5)6)95-77(82)62-56-50-42-38-33-20-18-16-14-12-10-8-2/h70-74,79H,7-69H2,1-6H3,(H,84,85)(H,86,87)/t72-,73-,74-/m1/s1. The topological polar surface area (TPSA) is 237 Å². The van der Waals surface area contributed by atoms with E-state index in [9.17, 15) is 43.2 Å². The van der Waals surface area contributed by atoms with Gasteiger partial charge in [-0.05, 0) is 37.5 Å². The van der Waals surface area contributed by atoms with E-state index in [1.54, 1.807) is 0 Å². The van der Waals surface area contributed by atoms with E-state index in [4.69, 9.17) is 37.0 Å². The summed E-state index contributed by atoms with van der Waals surface area (Å²) < 4.78 is 68.5. The Bertz CT molecular complexity index is 1870. The second-order valence-corrected chi connectivity index (χ2v) is 32.0. The molecule has 0 spiro atoms. The number of phosphoric acid groups is 2. The molecule has 0 aromatic heterocycles. The molecule has 19 heteroatoms. The molecule has 0 radical (unpaired) electrons. The smallest absolute Gasteiger partial charge is 0.462 e. The highest BCUT2D eigenvalue weighted by Gasteiger charge is 2.30. The summed E-state index contributed by atoms with van der Waals surface area (Å²) in [6.45, 7) is 9.52. The number of hydrogen-bond donors (Lipinski definition) is 3. The zero-order valence-electron chi connectivity index (χ0n) is 63.4. The number of carbonyl (C=O) groups excluding carboxylic acids is 4. The van der Waals surface area contributed by atoms with Crippen molar-refractivity contribution in [3.63, 3.8) is 0 Å². The Morgan fingerprint density at radius 2 is 0.474 bits per heavy atom. The monoisotopic (exact) mass is 1420 g/mol. The lowest BCUT2D eigenvalue weighted by molar-refractivity contribution is -0.161. The first kappa shape index (κ1) is 95.1. The van der Waals surface area contributed by atoms with Gasteiger partial charge >= 0.3 is 39.5 Å². The van der Waals surface area contributed by atoms with Gasteiger partial charge in [-0.1, -0.05) is 356 Å². The number of hydrogen-bond acceptors (Lipinski definition) is 15. The van der Waals surface area contributed by atoms with Gasteiger partial charge in [-0.15, -0.1) is 0 Å². The van der Waals surface area contributed by atoms with Gasteiger partial charge in [-0.25, -0.2) is 9.13 Å². The predicted octanol–water partition coefficient (Wildman–Crippen LogP) is 23.1. The minimum atomic E-state index is -4.96. The van der Waals surface area contributed by atoms with Crippen LogP contribution in [0.1, 0.15) is 408 Å². The first-order chi connectivity index (χ1) is 46.9. The third-order valence-corrected chi connectivity index (χ3v) is 20.1. The molecule has 17 nitrogen and oxygen atoms in total. The maximum Gasteiger partial charge on any atom is 0.472 e. The number of esters is 4. The number of aliphatic hydroxyl groups excluding tert-OH is 1. The Kier molecular flexibility index (Phi) is 68.4. The van der Waals surface area contributed by atoms with Crippen LogP contribution in [0.5, 0.6) is 0 Å². The highest BCUT2D eigenvalue weighted by Crippen LogP contribution is 2.45. The fourth-order valence-corrected chi connectivity index (χ4v) is 13.6. The Morgan fingerprint density at radius 1 is 0.278 bits per heavy atom. The molecule has 0 aliphatic rings. The number of carbonyl (C=O) groups is 4. The maximum atomic E-state index is 13.1. The minimum Gasteiger partial charge on any atom is -0.462 e. The van der Waals surface area contributed by atoms with Crippen molar-refractivity contribution in [1.29, 1.82) is 0 Å². The molecule has 576 valence electrons. The van der Waals surface area contributed by atoms with E-state index >= 15 is 0 Å². The summed E-state index contributed by atoms with van der Waals surface area (Å²) in [6, 6.07) is 0. The molecule has 0 aromatic carbocycles. The SMILES string of the molecule is CCCCCCCCCCCCCCCCCCCCCCCCC(=O)O[C@H](COC(=O)CCCCCCCCCCCCCC(C)C)COP(=O)(O)OC[C@@H](O)COP(=O)(O)OC[C@@H](COC(=O)CCCCCCCCC(C)C)OC(=O)CCCCCCCCCCCCCC. The third kappa shape index (κ3) is 72.2. The number of ether oxygens (including phenoxy) is 4. The van der Waals surface area contributed by atoms with Gasteiger partial charge in [0, 0.05) is 25.7 Å². The average Bonchev–Trinajstić information content (AvgIpc) is 3.63. The first-order valence-corrected chi connectivity index (χ1v) is 43.5. The summed E-state index contributed by atoms with van der Waals surface area (Å²) in [5.41, 5.74) is 0. The molecule has 0 heterocycles. The third-order valence-electron chi connectivity index (χ3n) is 18.2. The summed E-state index contributed by atoms with van der Waals surface area (Å²) in [5.74, 6) is -0.665. The molecule has 0 fully saturated rings. The molecular formula is C78H152O17P2. The van der Waals surface area contributed by atoms with Gasteiger partial charge < -0.3 is 33.8 Å². The molecule has 0 aromatic rings. The van der Waals surface area contributed by atoms with Gasteiger partial charge in [0.15, 0.2) is 12.2 Å². The average molecular weight is 1420 g/mol. The van der Waals surface area contributed by atoms with Crippen molar-refractivity contribution < 1.29 is 80.2 Å². The molecule has 0 bridgehead atoms. The molecule has 0 saturated carbocycles. The van der Waals surface area contributed by atoms with Gasteiger partial charge in [0.05, 0.1) is 26.4 Å². The maximum absolute atomic E-state index is 13.1. The van der Waals surface area contributed by atoms with Crippen LogP contribution in [0.25, 0.3) is 0 Å². The van der Waals surface area contributed by atoms with Gasteiger partial charge in [-0.3, -0.25) is 37.3 Å². The highest BCUT2D eigenvalue weighted by atomic mass is 31.2. The summed E-state index contributed by atoms with van der Waals surface area (Å²) in [6.07, 6.45) is 58.6. The predicted molar refractivity (Wildman–Crippen MR) is 395 cm³/mol. The summed E-state index contributed by atoms with van der Waals surface area (Å²) >= 11 is 0. The van der Waals surface area contributed by atoms with Crippen LogP contribution in [0.3, 0.4) is 0 Å². The second kappa shape index (κ2) is 69.8. The number of phosphoric ester groups is 2. The van der Waals surface area contributed by atoms with Crippen LogP contribution in [0.15, 0.2) is 0 Å². The lowest BCUT2D eigenvalue weighted by atomic mass is 10.0. The fraction of sp³-hybridized carbons (Fsp3) is 0.949. The summed E-state index contributed by atoms with van der Waals surface area (Å²) in [4.78, 5) is 72.8. The zero-order valence-corrected chi connectivity index (χ0v) is 65.2. The van der Waals surface area contributed by atoms with Crippen LogP contribution >= 0.6 is 15.6 Å². The lowest BCUT2D eigenvalue weighted by Gasteiger charge is -2.21. The van der Waals surface area contributed by atoms with Crippen molar-refractivity contribution >= 4 is 39.5 Å². The molecule has 0 aliphatic carbocycles. The Labute approximate surface area is 594 Å². The van der Waals surface area contributed by atoms with Crippen LogP contribution in [-0.4, -0.2) is 96.7 Å². The molecule has 0 amide bonds. The van der Waals surface area contributed by atoms with E-state index in [0.29, 0.717) is 31.6 Å². The minimum absolute atomic E-state index is 0.106. The number of rotatable bonds is 77.